The molecule has 1 aromatic carbocycles. The molecule has 1 rings (SSSR count). The molecule has 1 atom stereocenters. The minimum absolute atomic E-state index is 0.289. The second-order valence-electron chi connectivity index (χ2n) is 3.37. The zero-order valence-corrected chi connectivity index (χ0v) is 10.6. The van der Waals surface area contributed by atoms with Crippen LogP contribution in [0.1, 0.15) is 40.5 Å². The highest BCUT2D eigenvalue weighted by molar-refractivity contribution is 9.09. The van der Waals surface area contributed by atoms with E-state index in [2.05, 4.69) is 27.6 Å². The van der Waals surface area contributed by atoms with Crippen LogP contribution in [-0.4, -0.2) is 13.1 Å². The Morgan fingerprint density at radius 1 is 1.40 bits per heavy atom. The first-order valence-electron chi connectivity index (χ1n) is 5.01. The van der Waals surface area contributed by atoms with Gasteiger partial charge in [-0.05, 0) is 24.1 Å². The van der Waals surface area contributed by atoms with Crippen LogP contribution in [-0.2, 0) is 4.74 Å². The van der Waals surface area contributed by atoms with E-state index >= 15 is 0 Å². The minimum Gasteiger partial charge on any atom is -0.465 e. The fourth-order valence-electron chi connectivity index (χ4n) is 1.37. The zero-order chi connectivity index (χ0) is 11.3. The first kappa shape index (κ1) is 12.2. The topological polar surface area (TPSA) is 26.3 Å². The molecule has 3 heteroatoms. The number of benzene rings is 1. The summed E-state index contributed by atoms with van der Waals surface area (Å²) in [7, 11) is 1.39. The van der Waals surface area contributed by atoms with Crippen LogP contribution < -0.4 is 0 Å². The third-order valence-corrected chi connectivity index (χ3v) is 3.22. The summed E-state index contributed by atoms with van der Waals surface area (Å²) >= 11 is 3.61. The van der Waals surface area contributed by atoms with Crippen molar-refractivity contribution in [3.8, 4) is 0 Å². The quantitative estimate of drug-likeness (QED) is 0.616. The summed E-state index contributed by atoms with van der Waals surface area (Å²) in [5, 5.41) is 0. The second kappa shape index (κ2) is 5.91. The lowest BCUT2D eigenvalue weighted by molar-refractivity contribution is 0.0600. The van der Waals surface area contributed by atoms with Crippen molar-refractivity contribution in [1.82, 2.24) is 0 Å². The molecule has 0 aliphatic carbocycles. The largest absolute Gasteiger partial charge is 0.465 e. The Hall–Kier alpha value is -0.830. The van der Waals surface area contributed by atoms with E-state index in [0.29, 0.717) is 10.4 Å². The van der Waals surface area contributed by atoms with Gasteiger partial charge in [0.1, 0.15) is 0 Å². The van der Waals surface area contributed by atoms with Crippen LogP contribution in [0.3, 0.4) is 0 Å². The first-order valence-corrected chi connectivity index (χ1v) is 5.93. The first-order chi connectivity index (χ1) is 7.19. The SMILES string of the molecule is CCC[C@@H](Br)c1ccc(C(=O)OC)cc1. The van der Waals surface area contributed by atoms with E-state index in [4.69, 9.17) is 0 Å². The molecule has 0 unspecified atom stereocenters. The van der Waals surface area contributed by atoms with Crippen molar-refractivity contribution in [2.45, 2.75) is 24.6 Å². The van der Waals surface area contributed by atoms with Crippen LogP contribution in [0.25, 0.3) is 0 Å². The molecule has 0 aromatic heterocycles. The standard InChI is InChI=1S/C12H15BrO2/c1-3-4-11(13)9-5-7-10(8-6-9)12(14)15-2/h5-8,11H,3-4H2,1-2H3/t11-/m1/s1. The molecule has 1 aromatic rings. The summed E-state index contributed by atoms with van der Waals surface area (Å²) in [6, 6.07) is 7.51. The third-order valence-electron chi connectivity index (χ3n) is 2.24. The Bertz CT molecular complexity index is 319. The predicted molar refractivity (Wildman–Crippen MR) is 64.4 cm³/mol. The van der Waals surface area contributed by atoms with Gasteiger partial charge in [-0.3, -0.25) is 0 Å². The van der Waals surface area contributed by atoms with Gasteiger partial charge in [-0.1, -0.05) is 41.4 Å². The Balaban J connectivity index is 2.76. The highest BCUT2D eigenvalue weighted by atomic mass is 79.9. The molecule has 0 radical (unpaired) electrons. The van der Waals surface area contributed by atoms with Crippen LogP contribution >= 0.6 is 15.9 Å². The van der Waals surface area contributed by atoms with Crippen LogP contribution in [0.4, 0.5) is 0 Å². The Morgan fingerprint density at radius 2 is 2.00 bits per heavy atom. The molecule has 2 nitrogen and oxygen atoms in total. The zero-order valence-electron chi connectivity index (χ0n) is 9.00. The molecule has 0 aliphatic heterocycles. The molecule has 15 heavy (non-hydrogen) atoms. The molecule has 0 aliphatic rings. The van der Waals surface area contributed by atoms with Crippen molar-refractivity contribution in [2.24, 2.45) is 0 Å². The lowest BCUT2D eigenvalue weighted by atomic mass is 10.1. The van der Waals surface area contributed by atoms with Crippen molar-refractivity contribution in [3.63, 3.8) is 0 Å². The van der Waals surface area contributed by atoms with Gasteiger partial charge in [-0.15, -0.1) is 0 Å². The number of esters is 1. The van der Waals surface area contributed by atoms with E-state index in [1.807, 2.05) is 12.1 Å². The number of carbonyl (C=O) groups excluding carboxylic acids is 1. The van der Waals surface area contributed by atoms with Gasteiger partial charge in [0, 0.05) is 4.83 Å². The van der Waals surface area contributed by atoms with E-state index in [1.165, 1.54) is 12.7 Å². The van der Waals surface area contributed by atoms with E-state index in [9.17, 15) is 4.79 Å². The fourth-order valence-corrected chi connectivity index (χ4v) is 2.13. The van der Waals surface area contributed by atoms with Crippen molar-refractivity contribution in [2.75, 3.05) is 7.11 Å². The number of hydrogen-bond acceptors (Lipinski definition) is 2. The Kier molecular flexibility index (Phi) is 4.82. The molecule has 0 bridgehead atoms. The maximum Gasteiger partial charge on any atom is 0.337 e. The molecule has 0 heterocycles. The van der Waals surface area contributed by atoms with Crippen molar-refractivity contribution in [1.29, 1.82) is 0 Å². The maximum atomic E-state index is 11.2. The van der Waals surface area contributed by atoms with Gasteiger partial charge in [0.05, 0.1) is 12.7 Å². The van der Waals surface area contributed by atoms with Gasteiger partial charge in [0.2, 0.25) is 0 Å². The highest BCUT2D eigenvalue weighted by Crippen LogP contribution is 2.27. The summed E-state index contributed by atoms with van der Waals surface area (Å²) in [6.45, 7) is 2.15. The van der Waals surface area contributed by atoms with E-state index in [1.54, 1.807) is 12.1 Å². The predicted octanol–water partition coefficient (Wildman–Crippen LogP) is 3.71. The molecule has 0 N–H and O–H groups in total. The number of alkyl halides is 1. The normalized spacial score (nSPS) is 12.2. The van der Waals surface area contributed by atoms with Gasteiger partial charge in [0.25, 0.3) is 0 Å². The minimum atomic E-state index is -0.289. The lowest BCUT2D eigenvalue weighted by Gasteiger charge is -2.08. The van der Waals surface area contributed by atoms with E-state index in [-0.39, 0.29) is 5.97 Å². The van der Waals surface area contributed by atoms with Gasteiger partial charge < -0.3 is 4.74 Å². The van der Waals surface area contributed by atoms with Crippen molar-refractivity contribution in [3.05, 3.63) is 35.4 Å². The monoisotopic (exact) mass is 270 g/mol. The highest BCUT2D eigenvalue weighted by Gasteiger charge is 2.08. The molecule has 0 saturated heterocycles. The van der Waals surface area contributed by atoms with Gasteiger partial charge in [-0.2, -0.15) is 0 Å². The smallest absolute Gasteiger partial charge is 0.337 e. The van der Waals surface area contributed by atoms with Crippen LogP contribution in [0.5, 0.6) is 0 Å². The summed E-state index contributed by atoms with van der Waals surface area (Å²) in [4.78, 5) is 11.6. The molecule has 0 fully saturated rings. The van der Waals surface area contributed by atoms with Crippen molar-refractivity contribution >= 4 is 21.9 Å². The number of hydrogen-bond donors (Lipinski definition) is 0. The summed E-state index contributed by atoms with van der Waals surface area (Å²) in [5.74, 6) is -0.289. The van der Waals surface area contributed by atoms with E-state index < -0.39 is 0 Å². The molecule has 0 amide bonds. The molecule has 82 valence electrons. The van der Waals surface area contributed by atoms with Crippen LogP contribution in [0.2, 0.25) is 0 Å². The average molecular weight is 271 g/mol. The van der Waals surface area contributed by atoms with Crippen LogP contribution in [0.15, 0.2) is 24.3 Å². The van der Waals surface area contributed by atoms with Gasteiger partial charge in [0.15, 0.2) is 0 Å². The lowest BCUT2D eigenvalue weighted by Crippen LogP contribution is -2.01. The summed E-state index contributed by atoms with van der Waals surface area (Å²) in [6.07, 6.45) is 2.23. The Labute approximate surface area is 98.8 Å². The number of rotatable bonds is 4. The van der Waals surface area contributed by atoms with E-state index in [0.717, 1.165) is 12.8 Å². The average Bonchev–Trinajstić information content (AvgIpc) is 2.28. The molecule has 0 saturated carbocycles. The van der Waals surface area contributed by atoms with Gasteiger partial charge in [-0.25, -0.2) is 4.79 Å². The third kappa shape index (κ3) is 3.34. The maximum absolute atomic E-state index is 11.2. The van der Waals surface area contributed by atoms with Gasteiger partial charge >= 0.3 is 5.97 Å². The Morgan fingerprint density at radius 3 is 2.47 bits per heavy atom. The molecular formula is C12H15BrO2. The number of ether oxygens (including phenoxy) is 1. The number of halogens is 1. The van der Waals surface area contributed by atoms with Crippen LogP contribution in [0, 0.1) is 0 Å². The summed E-state index contributed by atoms with van der Waals surface area (Å²) in [5.41, 5.74) is 1.79. The summed E-state index contributed by atoms with van der Waals surface area (Å²) < 4.78 is 4.63. The number of methoxy groups -OCH3 is 1. The van der Waals surface area contributed by atoms with Crippen molar-refractivity contribution < 1.29 is 9.53 Å². The number of carbonyl (C=O) groups is 1. The fraction of sp³-hybridized carbons (Fsp3) is 0.417. The second-order valence-corrected chi connectivity index (χ2v) is 4.48. The molecular weight excluding hydrogens is 256 g/mol. The molecule has 0 spiro atoms.